The zero-order valence-electron chi connectivity index (χ0n) is 27.2. The van der Waals surface area contributed by atoms with Gasteiger partial charge in [-0.15, -0.1) is 0 Å². The summed E-state index contributed by atoms with van der Waals surface area (Å²) in [5.41, 5.74) is 1.42. The van der Waals surface area contributed by atoms with E-state index >= 15 is 0 Å². The molecule has 0 aliphatic carbocycles. The number of pyridine rings is 1. The number of aliphatic hydroxyl groups is 1. The molecule has 0 radical (unpaired) electrons. The van der Waals surface area contributed by atoms with Crippen molar-refractivity contribution in [3.8, 4) is 11.3 Å². The maximum atomic E-state index is 13.4. The second-order valence-corrected chi connectivity index (χ2v) is 12.9. The fourth-order valence-electron chi connectivity index (χ4n) is 5.04. The molecule has 45 heavy (non-hydrogen) atoms. The van der Waals surface area contributed by atoms with Gasteiger partial charge in [0, 0.05) is 12.1 Å². The van der Waals surface area contributed by atoms with Crippen LogP contribution in [0.15, 0.2) is 48.5 Å². The largest absolute Gasteiger partial charge is 0.552 e. The molecule has 1 aliphatic heterocycles. The molecule has 3 rings (SSSR count). The molecule has 1 aromatic heterocycles. The molecule has 1 unspecified atom stereocenters. The normalized spacial score (nSPS) is 16.9. The number of aliphatic hydroxyl groups excluding tert-OH is 1. The monoisotopic (exact) mass is 622 g/mol. The first-order chi connectivity index (χ1) is 21.3. The van der Waals surface area contributed by atoms with Crippen LogP contribution in [0.5, 0.6) is 0 Å². The fourth-order valence-corrected chi connectivity index (χ4v) is 5.04. The Balaban J connectivity index is 1.64. The van der Waals surface area contributed by atoms with Crippen molar-refractivity contribution in [1.29, 1.82) is 0 Å². The van der Waals surface area contributed by atoms with E-state index in [1.807, 2.05) is 44.2 Å². The highest BCUT2D eigenvalue weighted by Crippen LogP contribution is 2.23. The number of carbonyl (C=O) groups is 4. The molecule has 2 aromatic rings. The van der Waals surface area contributed by atoms with Crippen molar-refractivity contribution < 1.29 is 33.6 Å². The average Bonchev–Trinajstić information content (AvgIpc) is 3.37. The van der Waals surface area contributed by atoms with E-state index in [1.54, 1.807) is 12.1 Å². The quantitative estimate of drug-likeness (QED) is 0.208. The number of benzene rings is 1. The Morgan fingerprint density at radius 1 is 1.04 bits per heavy atom. The van der Waals surface area contributed by atoms with Crippen molar-refractivity contribution in [2.75, 3.05) is 6.54 Å². The smallest absolute Gasteiger partial charge is 0.506 e. The number of rotatable bonds is 16. The molecular formula is C33H47BN4O7. The average molecular weight is 623 g/mol. The van der Waals surface area contributed by atoms with Crippen molar-refractivity contribution in [3.63, 3.8) is 0 Å². The Bertz CT molecular complexity index is 1300. The molecule has 2 heterocycles. The third-order valence-corrected chi connectivity index (χ3v) is 7.62. The first-order valence-electron chi connectivity index (χ1n) is 15.7. The third kappa shape index (κ3) is 11.0. The van der Waals surface area contributed by atoms with E-state index in [2.05, 4.69) is 41.7 Å². The van der Waals surface area contributed by atoms with Gasteiger partial charge in [-0.25, -0.2) is 4.98 Å². The first kappa shape index (κ1) is 35.7. The lowest BCUT2D eigenvalue weighted by atomic mass is 9.74. The second kappa shape index (κ2) is 16.5. The molecule has 4 atom stereocenters. The predicted octanol–water partition coefficient (Wildman–Crippen LogP) is 3.45. The van der Waals surface area contributed by atoms with Crippen LogP contribution in [0.2, 0.25) is 0 Å². The summed E-state index contributed by atoms with van der Waals surface area (Å²) in [7, 11) is -1.14. The van der Waals surface area contributed by atoms with Crippen LogP contribution in [-0.2, 0) is 23.7 Å². The summed E-state index contributed by atoms with van der Waals surface area (Å²) in [6, 6.07) is 13.0. The van der Waals surface area contributed by atoms with Crippen molar-refractivity contribution in [2.24, 2.45) is 11.3 Å². The van der Waals surface area contributed by atoms with Crippen LogP contribution in [0.3, 0.4) is 0 Å². The van der Waals surface area contributed by atoms with E-state index < -0.39 is 49.1 Å². The molecule has 11 nitrogen and oxygen atoms in total. The summed E-state index contributed by atoms with van der Waals surface area (Å²) in [6.45, 7) is 12.0. The number of unbranched alkanes of at least 4 members (excludes halogenated alkanes) is 1. The van der Waals surface area contributed by atoms with E-state index in [4.69, 9.17) is 9.31 Å². The summed E-state index contributed by atoms with van der Waals surface area (Å²) in [5.74, 6) is -3.06. The van der Waals surface area contributed by atoms with Gasteiger partial charge in [-0.3, -0.25) is 19.2 Å². The third-order valence-electron chi connectivity index (χ3n) is 7.62. The van der Waals surface area contributed by atoms with Gasteiger partial charge >= 0.3 is 13.1 Å². The topological polar surface area (TPSA) is 156 Å². The van der Waals surface area contributed by atoms with Crippen molar-refractivity contribution in [2.45, 2.75) is 97.8 Å². The van der Waals surface area contributed by atoms with Crippen LogP contribution in [-0.4, -0.2) is 71.6 Å². The highest BCUT2D eigenvalue weighted by Gasteiger charge is 2.47. The van der Waals surface area contributed by atoms with E-state index in [0.717, 1.165) is 24.8 Å². The lowest BCUT2D eigenvalue weighted by Gasteiger charge is -2.26. The maximum Gasteiger partial charge on any atom is 0.552 e. The number of amides is 3. The van der Waals surface area contributed by atoms with Crippen LogP contribution in [0.4, 0.5) is 0 Å². The predicted molar refractivity (Wildman–Crippen MR) is 172 cm³/mol. The summed E-state index contributed by atoms with van der Waals surface area (Å²) in [5, 5.41) is 18.7. The van der Waals surface area contributed by atoms with Gasteiger partial charge in [0.1, 0.15) is 17.8 Å². The minimum atomic E-state index is -1.33. The Morgan fingerprint density at radius 2 is 1.76 bits per heavy atom. The maximum absolute atomic E-state index is 13.4. The molecule has 1 aliphatic rings. The van der Waals surface area contributed by atoms with Gasteiger partial charge in [-0.2, -0.15) is 0 Å². The van der Waals surface area contributed by atoms with Gasteiger partial charge in [0.25, 0.3) is 5.91 Å². The van der Waals surface area contributed by atoms with Crippen molar-refractivity contribution >= 4 is 30.8 Å². The minimum absolute atomic E-state index is 0.0646. The van der Waals surface area contributed by atoms with Crippen molar-refractivity contribution in [1.82, 2.24) is 20.9 Å². The minimum Gasteiger partial charge on any atom is -0.506 e. The number of hydrogen-bond acceptors (Lipinski definition) is 8. The molecule has 1 aromatic carbocycles. The number of nitrogens with one attached hydrogen (secondary N) is 3. The van der Waals surface area contributed by atoms with E-state index in [-0.39, 0.29) is 29.4 Å². The molecule has 4 N–H and O–H groups in total. The summed E-state index contributed by atoms with van der Waals surface area (Å²) in [6.07, 6.45) is 0.890. The lowest BCUT2D eigenvalue weighted by Crippen LogP contribution is -2.57. The van der Waals surface area contributed by atoms with Gasteiger partial charge < -0.3 is 30.4 Å². The molecule has 1 saturated heterocycles. The van der Waals surface area contributed by atoms with Crippen LogP contribution in [0.1, 0.15) is 84.1 Å². The van der Waals surface area contributed by atoms with Gasteiger partial charge in [0.2, 0.25) is 11.8 Å². The number of nitrogens with zero attached hydrogens (tertiary/aromatic N) is 1. The van der Waals surface area contributed by atoms with Gasteiger partial charge in [-0.05, 0) is 43.2 Å². The van der Waals surface area contributed by atoms with Crippen LogP contribution in [0, 0.1) is 11.3 Å². The number of aromatic nitrogens is 1. The Morgan fingerprint density at radius 3 is 2.40 bits per heavy atom. The second-order valence-electron chi connectivity index (χ2n) is 12.9. The first-order valence-corrected chi connectivity index (χ1v) is 15.7. The summed E-state index contributed by atoms with van der Waals surface area (Å²) < 4.78 is 11.3. The zero-order chi connectivity index (χ0) is 33.1. The molecule has 12 heteroatoms. The number of hydrogen-bond donors (Lipinski definition) is 4. The van der Waals surface area contributed by atoms with Crippen molar-refractivity contribution in [3.05, 3.63) is 54.2 Å². The Labute approximate surface area is 266 Å². The van der Waals surface area contributed by atoms with E-state index in [1.165, 1.54) is 13.0 Å². The zero-order valence-corrected chi connectivity index (χ0v) is 27.2. The fraction of sp³-hybridized carbons (Fsp3) is 0.545. The lowest BCUT2D eigenvalue weighted by molar-refractivity contribution is -0.139. The van der Waals surface area contributed by atoms with Gasteiger partial charge in [0.15, 0.2) is 0 Å². The van der Waals surface area contributed by atoms with Crippen LogP contribution >= 0.6 is 0 Å². The Kier molecular flexibility index (Phi) is 13.1. The highest BCUT2D eigenvalue weighted by molar-refractivity contribution is 6.51. The van der Waals surface area contributed by atoms with E-state index in [0.29, 0.717) is 18.7 Å². The summed E-state index contributed by atoms with van der Waals surface area (Å²) >= 11 is 0. The summed E-state index contributed by atoms with van der Waals surface area (Å²) in [4.78, 5) is 56.3. The molecule has 0 saturated carbocycles. The molecule has 0 bridgehead atoms. The molecule has 1 fully saturated rings. The van der Waals surface area contributed by atoms with Crippen LogP contribution < -0.4 is 16.0 Å². The SMILES string of the molecule is CCCCC(C)(C)CNC(=O)C[C@H]1OB([C@H](CC(C)C)NC(=O)C(NC(=O)c2cccc(-c3ccccc3)n2)[C@@H](C)O)OC1=O. The molecule has 0 spiro atoms. The molecule has 3 amide bonds. The molecule has 244 valence electrons. The number of carbonyl (C=O) groups excluding carboxylic acids is 4. The van der Waals surface area contributed by atoms with Gasteiger partial charge in [0.05, 0.1) is 24.2 Å². The standard InChI is InChI=1S/C33H47BN4O7/c1-7-8-17-33(5,6)20-35-28(40)19-26-32(43)45-34(44-26)27(18-21(2)3)37-31(42)29(22(4)39)38-30(41)25-16-12-15-24(36-25)23-13-10-9-11-14-23/h9-16,21-22,26-27,29,39H,7-8,17-20H2,1-6H3,(H,35,40)(H,37,42)(H,38,41)/t22-,26-,27+,29?/m1/s1. The van der Waals surface area contributed by atoms with Crippen LogP contribution in [0.25, 0.3) is 11.3 Å². The molecular weight excluding hydrogens is 575 g/mol. The Hall–Kier alpha value is -3.77. The van der Waals surface area contributed by atoms with E-state index in [9.17, 15) is 24.3 Å². The van der Waals surface area contributed by atoms with Gasteiger partial charge in [-0.1, -0.05) is 83.9 Å². The highest BCUT2D eigenvalue weighted by atomic mass is 16.7.